The number of halogens is 1. The van der Waals surface area contributed by atoms with Gasteiger partial charge < -0.3 is 25.9 Å². The van der Waals surface area contributed by atoms with E-state index in [4.69, 9.17) is 5.84 Å². The summed E-state index contributed by atoms with van der Waals surface area (Å²) in [4.78, 5) is 12.0. The number of fused-ring (bicyclic) bond motifs is 1. The zero-order valence-corrected chi connectivity index (χ0v) is 20.2. The van der Waals surface area contributed by atoms with Crippen molar-refractivity contribution in [2.75, 3.05) is 0 Å². The highest BCUT2D eigenvalue weighted by Crippen LogP contribution is 2.38. The molecule has 0 saturated carbocycles. The van der Waals surface area contributed by atoms with Gasteiger partial charge in [-0.1, -0.05) is 53.4 Å². The molecule has 10 heteroatoms. The SMILES string of the molecule is C=C(NN=NN)NC(=O)C[C@@H](O)C[C@@H](O)/C=C/c1c(-c2ccc(F)cc2)c2ccccc2n1C(C)C. The van der Waals surface area contributed by atoms with Crippen LogP contribution in [0.4, 0.5) is 4.39 Å². The van der Waals surface area contributed by atoms with E-state index in [0.717, 1.165) is 27.7 Å². The van der Waals surface area contributed by atoms with Gasteiger partial charge in [-0.2, -0.15) is 0 Å². The molecule has 1 amide bonds. The molecule has 0 bridgehead atoms. The van der Waals surface area contributed by atoms with Gasteiger partial charge in [-0.25, -0.2) is 9.82 Å². The fraction of sp³-hybridized carbons (Fsp3) is 0.269. The molecule has 0 aliphatic carbocycles. The maximum absolute atomic E-state index is 13.6. The van der Waals surface area contributed by atoms with Crippen LogP contribution in [-0.4, -0.2) is 32.9 Å². The first-order chi connectivity index (χ1) is 17.2. The zero-order valence-electron chi connectivity index (χ0n) is 20.2. The van der Waals surface area contributed by atoms with Crippen LogP contribution in [-0.2, 0) is 4.79 Å². The van der Waals surface area contributed by atoms with Crippen LogP contribution in [0.15, 0.2) is 77.5 Å². The number of aliphatic hydroxyl groups excluding tert-OH is 2. The average Bonchev–Trinajstić information content (AvgIpc) is 3.16. The molecular weight excluding hydrogens is 463 g/mol. The van der Waals surface area contributed by atoms with Crippen molar-refractivity contribution in [3.63, 3.8) is 0 Å². The highest BCUT2D eigenvalue weighted by Gasteiger charge is 2.20. The van der Waals surface area contributed by atoms with Gasteiger partial charge in [0.2, 0.25) is 5.91 Å². The zero-order chi connectivity index (χ0) is 26.2. The molecule has 0 radical (unpaired) electrons. The number of benzene rings is 2. The Labute approximate surface area is 208 Å². The minimum Gasteiger partial charge on any atom is -0.392 e. The summed E-state index contributed by atoms with van der Waals surface area (Å²) in [5.41, 5.74) is 5.93. The summed E-state index contributed by atoms with van der Waals surface area (Å²) in [6, 6.07) is 14.4. The third-order valence-corrected chi connectivity index (χ3v) is 5.54. The van der Waals surface area contributed by atoms with E-state index in [9.17, 15) is 19.4 Å². The molecule has 0 saturated heterocycles. The predicted molar refractivity (Wildman–Crippen MR) is 137 cm³/mol. The number of hydrogen-bond acceptors (Lipinski definition) is 5. The first-order valence-corrected chi connectivity index (χ1v) is 11.5. The van der Waals surface area contributed by atoms with Gasteiger partial charge in [0.25, 0.3) is 0 Å². The lowest BCUT2D eigenvalue weighted by atomic mass is 10.0. The molecule has 3 aromatic rings. The Kier molecular flexibility index (Phi) is 8.93. The summed E-state index contributed by atoms with van der Waals surface area (Å²) < 4.78 is 15.8. The second-order valence-electron chi connectivity index (χ2n) is 8.62. The molecule has 2 atom stereocenters. The second-order valence-corrected chi connectivity index (χ2v) is 8.62. The molecule has 0 fully saturated rings. The van der Waals surface area contributed by atoms with Gasteiger partial charge in [0.1, 0.15) is 11.6 Å². The molecule has 190 valence electrons. The Morgan fingerprint density at radius 3 is 2.56 bits per heavy atom. The van der Waals surface area contributed by atoms with Gasteiger partial charge in [0.05, 0.1) is 18.6 Å². The van der Waals surface area contributed by atoms with Gasteiger partial charge >= 0.3 is 0 Å². The van der Waals surface area contributed by atoms with E-state index in [1.54, 1.807) is 24.3 Å². The number of para-hydroxylation sites is 1. The number of rotatable bonds is 11. The van der Waals surface area contributed by atoms with Gasteiger partial charge in [-0.05, 0) is 43.7 Å². The van der Waals surface area contributed by atoms with Crippen LogP contribution in [0.2, 0.25) is 0 Å². The number of hydrogen-bond donors (Lipinski definition) is 5. The molecule has 2 aromatic carbocycles. The van der Waals surface area contributed by atoms with E-state index in [2.05, 4.69) is 46.2 Å². The van der Waals surface area contributed by atoms with Gasteiger partial charge in [0.15, 0.2) is 0 Å². The Bertz CT molecular complexity index is 1270. The molecule has 1 aromatic heterocycles. The number of aliphatic hydroxyl groups is 2. The summed E-state index contributed by atoms with van der Waals surface area (Å²) in [5, 5.41) is 30.5. The molecule has 9 nitrogen and oxygen atoms in total. The number of nitrogens with one attached hydrogen (secondary N) is 2. The molecular formula is C26H31FN6O3. The highest BCUT2D eigenvalue weighted by molar-refractivity contribution is 6.01. The molecule has 1 heterocycles. The van der Waals surface area contributed by atoms with Crippen LogP contribution in [0.1, 0.15) is 38.4 Å². The normalized spacial score (nSPS) is 13.5. The van der Waals surface area contributed by atoms with Crippen LogP contribution in [0.25, 0.3) is 28.1 Å². The molecule has 0 aliphatic heterocycles. The Morgan fingerprint density at radius 1 is 1.19 bits per heavy atom. The van der Waals surface area contributed by atoms with Crippen molar-refractivity contribution < 1.29 is 19.4 Å². The van der Waals surface area contributed by atoms with Crippen molar-refractivity contribution in [2.24, 2.45) is 16.3 Å². The van der Waals surface area contributed by atoms with Crippen LogP contribution in [0.5, 0.6) is 0 Å². The van der Waals surface area contributed by atoms with E-state index in [0.29, 0.717) is 0 Å². The number of nitrogens with two attached hydrogens (primary N) is 1. The summed E-state index contributed by atoms with van der Waals surface area (Å²) in [6.45, 7) is 7.65. The fourth-order valence-electron chi connectivity index (χ4n) is 4.12. The Morgan fingerprint density at radius 2 is 1.89 bits per heavy atom. The van der Waals surface area contributed by atoms with Crippen molar-refractivity contribution in [3.05, 3.63) is 78.5 Å². The molecule has 0 unspecified atom stereocenters. The maximum Gasteiger partial charge on any atom is 0.228 e. The minimum absolute atomic E-state index is 0.0525. The molecule has 36 heavy (non-hydrogen) atoms. The van der Waals surface area contributed by atoms with Crippen LogP contribution >= 0.6 is 0 Å². The number of carbonyl (C=O) groups is 1. The van der Waals surface area contributed by atoms with Crippen LogP contribution in [0.3, 0.4) is 0 Å². The highest BCUT2D eigenvalue weighted by atomic mass is 19.1. The number of nitrogens with zero attached hydrogens (tertiary/aromatic N) is 3. The lowest BCUT2D eigenvalue weighted by Crippen LogP contribution is -2.31. The van der Waals surface area contributed by atoms with Gasteiger partial charge in [-0.3, -0.25) is 4.79 Å². The smallest absolute Gasteiger partial charge is 0.228 e. The summed E-state index contributed by atoms with van der Waals surface area (Å²) in [6.07, 6.45) is 0.975. The lowest BCUT2D eigenvalue weighted by molar-refractivity contribution is -0.122. The van der Waals surface area contributed by atoms with E-state index in [-0.39, 0.29) is 30.5 Å². The largest absolute Gasteiger partial charge is 0.392 e. The molecule has 6 N–H and O–H groups in total. The van der Waals surface area contributed by atoms with Crippen LogP contribution < -0.4 is 16.6 Å². The monoisotopic (exact) mass is 494 g/mol. The van der Waals surface area contributed by atoms with Crippen molar-refractivity contribution in [2.45, 2.75) is 44.9 Å². The van der Waals surface area contributed by atoms with Crippen molar-refractivity contribution >= 4 is 22.9 Å². The van der Waals surface area contributed by atoms with E-state index >= 15 is 0 Å². The second kappa shape index (κ2) is 12.1. The van der Waals surface area contributed by atoms with Crippen molar-refractivity contribution in [1.29, 1.82) is 0 Å². The van der Waals surface area contributed by atoms with Gasteiger partial charge in [-0.15, -0.1) is 0 Å². The molecule has 0 spiro atoms. The quantitative estimate of drug-likeness (QED) is 0.156. The molecule has 0 aliphatic rings. The van der Waals surface area contributed by atoms with Crippen molar-refractivity contribution in [1.82, 2.24) is 15.3 Å². The van der Waals surface area contributed by atoms with Crippen molar-refractivity contribution in [3.8, 4) is 11.1 Å². The Balaban J connectivity index is 1.83. The topological polar surface area (TPSA) is 137 Å². The molecule has 3 rings (SSSR count). The van der Waals surface area contributed by atoms with E-state index < -0.39 is 18.1 Å². The number of amides is 1. The predicted octanol–water partition coefficient (Wildman–Crippen LogP) is 3.96. The first kappa shape index (κ1) is 26.6. The summed E-state index contributed by atoms with van der Waals surface area (Å²) in [7, 11) is 0. The average molecular weight is 495 g/mol. The Hall–Kier alpha value is -4.02. The third kappa shape index (κ3) is 6.55. The standard InChI is InChI=1S/C26H31FN6O3/c1-16(2)33-23-7-5-4-6-22(23)26(18-8-10-19(27)11-9-18)24(33)13-12-20(34)14-21(35)15-25(36)29-17(3)30-32-31-28/h4-13,16,20-21,34-35H,3,14-15H2,1-2H3,(H2,28,32)(H,29,36)(H,30,31)/b13-12+/t20-,21-/m0/s1. The summed E-state index contributed by atoms with van der Waals surface area (Å²) >= 11 is 0. The first-order valence-electron chi connectivity index (χ1n) is 11.5. The van der Waals surface area contributed by atoms with E-state index in [1.807, 2.05) is 24.3 Å². The summed E-state index contributed by atoms with van der Waals surface area (Å²) in [5.74, 6) is 4.08. The number of aromatic nitrogens is 1. The van der Waals surface area contributed by atoms with Gasteiger partial charge in [0, 0.05) is 34.6 Å². The van der Waals surface area contributed by atoms with E-state index in [1.165, 1.54) is 12.1 Å². The number of carbonyl (C=O) groups excluding carboxylic acids is 1. The lowest BCUT2D eigenvalue weighted by Gasteiger charge is -2.15. The fourth-order valence-corrected chi connectivity index (χ4v) is 4.12. The maximum atomic E-state index is 13.6. The minimum atomic E-state index is -1.10. The van der Waals surface area contributed by atoms with Crippen LogP contribution in [0, 0.1) is 5.82 Å². The third-order valence-electron chi connectivity index (χ3n) is 5.54.